The number of nitrogens with zero attached hydrogens (tertiary/aromatic N) is 1. The van der Waals surface area contributed by atoms with Crippen molar-refractivity contribution >= 4 is 5.91 Å². The summed E-state index contributed by atoms with van der Waals surface area (Å²) in [6, 6.07) is 10.2. The molecular weight excluding hydrogens is 260 g/mol. The van der Waals surface area contributed by atoms with Crippen molar-refractivity contribution in [3.63, 3.8) is 0 Å². The fraction of sp³-hybridized carbons (Fsp3) is 0.611. The van der Waals surface area contributed by atoms with Gasteiger partial charge in [0, 0.05) is 12.0 Å². The summed E-state index contributed by atoms with van der Waals surface area (Å²) in [6.45, 7) is 12.3. The topological polar surface area (TPSA) is 32.3 Å². The van der Waals surface area contributed by atoms with Crippen LogP contribution in [0, 0.1) is 5.41 Å². The Bertz CT molecular complexity index is 410. The summed E-state index contributed by atoms with van der Waals surface area (Å²) in [4.78, 5) is 14.7. The van der Waals surface area contributed by atoms with E-state index in [0.29, 0.717) is 0 Å². The van der Waals surface area contributed by atoms with E-state index in [0.717, 1.165) is 39.0 Å². The first-order valence-corrected chi connectivity index (χ1v) is 8.04. The summed E-state index contributed by atoms with van der Waals surface area (Å²) in [6.07, 6.45) is 1.78. The van der Waals surface area contributed by atoms with Crippen LogP contribution in [-0.4, -0.2) is 37.0 Å². The third-order valence-electron chi connectivity index (χ3n) is 3.93. The van der Waals surface area contributed by atoms with Gasteiger partial charge in [0.2, 0.25) is 5.91 Å². The van der Waals surface area contributed by atoms with E-state index in [4.69, 9.17) is 0 Å². The van der Waals surface area contributed by atoms with Crippen molar-refractivity contribution in [2.75, 3.05) is 26.2 Å². The average Bonchev–Trinajstić information content (AvgIpc) is 2.47. The van der Waals surface area contributed by atoms with Crippen molar-refractivity contribution < 1.29 is 4.79 Å². The van der Waals surface area contributed by atoms with Crippen LogP contribution in [0.5, 0.6) is 0 Å². The van der Waals surface area contributed by atoms with Crippen LogP contribution in [-0.2, 0) is 11.2 Å². The normalized spacial score (nSPS) is 11.7. The molecule has 0 unspecified atom stereocenters. The maximum atomic E-state index is 12.3. The zero-order valence-electron chi connectivity index (χ0n) is 14.0. The lowest BCUT2D eigenvalue weighted by Gasteiger charge is -2.24. The second-order valence-electron chi connectivity index (χ2n) is 6.18. The van der Waals surface area contributed by atoms with Crippen molar-refractivity contribution in [1.82, 2.24) is 10.2 Å². The van der Waals surface area contributed by atoms with Gasteiger partial charge in [-0.1, -0.05) is 58.0 Å². The van der Waals surface area contributed by atoms with Gasteiger partial charge < -0.3 is 10.2 Å². The van der Waals surface area contributed by atoms with Gasteiger partial charge >= 0.3 is 0 Å². The van der Waals surface area contributed by atoms with Crippen molar-refractivity contribution in [2.45, 2.75) is 40.5 Å². The first kappa shape index (κ1) is 17.7. The summed E-state index contributed by atoms with van der Waals surface area (Å²) in [5.41, 5.74) is 0.845. The van der Waals surface area contributed by atoms with Crippen LogP contribution in [0.4, 0.5) is 0 Å². The van der Waals surface area contributed by atoms with Crippen LogP contribution >= 0.6 is 0 Å². The fourth-order valence-corrected chi connectivity index (χ4v) is 2.47. The minimum absolute atomic E-state index is 0.144. The maximum Gasteiger partial charge on any atom is 0.225 e. The Morgan fingerprint density at radius 3 is 2.33 bits per heavy atom. The lowest BCUT2D eigenvalue weighted by atomic mass is 9.85. The van der Waals surface area contributed by atoms with Crippen molar-refractivity contribution in [1.29, 1.82) is 0 Å². The number of carbonyl (C=O) groups is 1. The summed E-state index contributed by atoms with van der Waals surface area (Å²) in [5, 5.41) is 3.08. The molecule has 1 aromatic carbocycles. The number of nitrogens with one attached hydrogen (secondary N) is 1. The van der Waals surface area contributed by atoms with Gasteiger partial charge in [-0.25, -0.2) is 0 Å². The molecule has 1 rings (SSSR count). The highest BCUT2D eigenvalue weighted by atomic mass is 16.2. The molecule has 0 fully saturated rings. The highest BCUT2D eigenvalue weighted by Gasteiger charge is 2.27. The maximum absolute atomic E-state index is 12.3. The zero-order valence-corrected chi connectivity index (χ0v) is 14.0. The fourth-order valence-electron chi connectivity index (χ4n) is 2.47. The van der Waals surface area contributed by atoms with Gasteiger partial charge in [-0.05, 0) is 38.0 Å². The monoisotopic (exact) mass is 290 g/mol. The Morgan fingerprint density at radius 1 is 1.14 bits per heavy atom. The minimum Gasteiger partial charge on any atom is -0.356 e. The van der Waals surface area contributed by atoms with E-state index in [9.17, 15) is 4.79 Å². The van der Waals surface area contributed by atoms with E-state index in [1.54, 1.807) is 0 Å². The number of carbonyl (C=O) groups excluding carboxylic acids is 1. The summed E-state index contributed by atoms with van der Waals surface area (Å²) >= 11 is 0. The van der Waals surface area contributed by atoms with E-state index < -0.39 is 0 Å². The van der Waals surface area contributed by atoms with Crippen LogP contribution in [0.25, 0.3) is 0 Å². The van der Waals surface area contributed by atoms with Crippen LogP contribution in [0.1, 0.15) is 39.7 Å². The number of hydrogen-bond acceptors (Lipinski definition) is 2. The van der Waals surface area contributed by atoms with Gasteiger partial charge in [0.25, 0.3) is 0 Å². The van der Waals surface area contributed by atoms with Gasteiger partial charge in [0.05, 0.1) is 0 Å². The Kier molecular flexibility index (Phi) is 7.44. The van der Waals surface area contributed by atoms with Crippen LogP contribution < -0.4 is 5.32 Å². The summed E-state index contributed by atoms with van der Waals surface area (Å²) in [5.74, 6) is 0.144. The highest BCUT2D eigenvalue weighted by molar-refractivity contribution is 5.82. The Hall–Kier alpha value is -1.35. The van der Waals surface area contributed by atoms with Gasteiger partial charge in [0.15, 0.2) is 0 Å². The van der Waals surface area contributed by atoms with E-state index in [1.807, 2.05) is 32.0 Å². The van der Waals surface area contributed by atoms with E-state index in [2.05, 4.69) is 36.2 Å². The van der Waals surface area contributed by atoms with E-state index >= 15 is 0 Å². The molecule has 0 heterocycles. The molecule has 0 atom stereocenters. The molecule has 0 aliphatic rings. The largest absolute Gasteiger partial charge is 0.356 e. The summed E-state index contributed by atoms with van der Waals surface area (Å²) < 4.78 is 0. The molecule has 0 aromatic heterocycles. The quantitative estimate of drug-likeness (QED) is 0.709. The minimum atomic E-state index is -0.365. The predicted molar refractivity (Wildman–Crippen MR) is 89.3 cm³/mol. The van der Waals surface area contributed by atoms with Gasteiger partial charge in [-0.15, -0.1) is 0 Å². The van der Waals surface area contributed by atoms with Crippen LogP contribution in [0.3, 0.4) is 0 Å². The first-order valence-electron chi connectivity index (χ1n) is 8.04. The molecule has 0 bridgehead atoms. The lowest BCUT2D eigenvalue weighted by Crippen LogP contribution is -2.39. The number of amides is 1. The zero-order chi connectivity index (χ0) is 15.7. The molecule has 1 N–H and O–H groups in total. The second kappa shape index (κ2) is 8.83. The molecular formula is C18H30N2O. The standard InChI is InChI=1S/C18H30N2O/c1-5-20(6-2)14-10-13-19-17(21)18(3,4)15-16-11-8-7-9-12-16/h7-9,11-12H,5-6,10,13-15H2,1-4H3,(H,19,21). The molecule has 1 aromatic rings. The molecule has 1 amide bonds. The Balaban J connectivity index is 2.36. The molecule has 0 saturated heterocycles. The molecule has 0 aliphatic carbocycles. The van der Waals surface area contributed by atoms with Crippen molar-refractivity contribution in [3.8, 4) is 0 Å². The number of hydrogen-bond donors (Lipinski definition) is 1. The molecule has 21 heavy (non-hydrogen) atoms. The van der Waals surface area contributed by atoms with Crippen LogP contribution in [0.15, 0.2) is 30.3 Å². The molecule has 118 valence electrons. The first-order chi connectivity index (χ1) is 9.99. The smallest absolute Gasteiger partial charge is 0.225 e. The lowest BCUT2D eigenvalue weighted by molar-refractivity contribution is -0.129. The van der Waals surface area contributed by atoms with E-state index in [1.165, 1.54) is 5.56 Å². The number of benzene rings is 1. The molecule has 0 spiro atoms. The molecule has 0 radical (unpaired) electrons. The number of rotatable bonds is 9. The van der Waals surface area contributed by atoms with Gasteiger partial charge in [0.1, 0.15) is 0 Å². The predicted octanol–water partition coefficient (Wildman–Crippen LogP) is 3.10. The molecule has 3 heteroatoms. The van der Waals surface area contributed by atoms with Crippen molar-refractivity contribution in [2.24, 2.45) is 5.41 Å². The Morgan fingerprint density at radius 2 is 1.76 bits per heavy atom. The Labute approximate surface area is 129 Å². The van der Waals surface area contributed by atoms with Crippen LogP contribution in [0.2, 0.25) is 0 Å². The molecule has 0 aliphatic heterocycles. The second-order valence-corrected chi connectivity index (χ2v) is 6.18. The van der Waals surface area contributed by atoms with Gasteiger partial charge in [-0.3, -0.25) is 4.79 Å². The SMILES string of the molecule is CCN(CC)CCCNC(=O)C(C)(C)Cc1ccccc1. The third-order valence-corrected chi connectivity index (χ3v) is 3.93. The molecule has 3 nitrogen and oxygen atoms in total. The third kappa shape index (κ3) is 6.30. The summed E-state index contributed by atoms with van der Waals surface area (Å²) in [7, 11) is 0. The van der Waals surface area contributed by atoms with Crippen molar-refractivity contribution in [3.05, 3.63) is 35.9 Å². The highest BCUT2D eigenvalue weighted by Crippen LogP contribution is 2.21. The average molecular weight is 290 g/mol. The molecule has 0 saturated carbocycles. The van der Waals surface area contributed by atoms with Gasteiger partial charge in [-0.2, -0.15) is 0 Å². The van der Waals surface area contributed by atoms with E-state index in [-0.39, 0.29) is 11.3 Å².